The number of ether oxygens (including phenoxy) is 1. The van der Waals surface area contributed by atoms with Crippen LogP contribution >= 0.6 is 12.2 Å². The Morgan fingerprint density at radius 3 is 2.69 bits per heavy atom. The van der Waals surface area contributed by atoms with Gasteiger partial charge in [-0.2, -0.15) is 5.10 Å². The van der Waals surface area contributed by atoms with E-state index in [4.69, 9.17) is 5.73 Å². The van der Waals surface area contributed by atoms with Crippen molar-refractivity contribution in [2.45, 2.75) is 19.8 Å². The van der Waals surface area contributed by atoms with Crippen molar-refractivity contribution in [2.75, 3.05) is 7.11 Å². The molecule has 0 saturated heterocycles. The molecule has 0 aromatic heterocycles. The van der Waals surface area contributed by atoms with Gasteiger partial charge in [-0.1, -0.05) is 6.92 Å². The number of hydrogen-bond donors (Lipinski definition) is 2. The first-order valence-corrected chi connectivity index (χ1v) is 4.18. The predicted molar refractivity (Wildman–Crippen MR) is 54.3 cm³/mol. The summed E-state index contributed by atoms with van der Waals surface area (Å²) in [5.41, 5.74) is 8.22. The normalized spacial score (nSPS) is 10.8. The maximum Gasteiger partial charge on any atom is 0.311 e. The molecule has 0 radical (unpaired) electrons. The van der Waals surface area contributed by atoms with E-state index >= 15 is 0 Å². The van der Waals surface area contributed by atoms with Gasteiger partial charge in [0, 0.05) is 5.71 Å². The summed E-state index contributed by atoms with van der Waals surface area (Å²) in [5.74, 6) is -0.328. The van der Waals surface area contributed by atoms with Gasteiger partial charge in [0.2, 0.25) is 0 Å². The molecule has 0 aliphatic rings. The summed E-state index contributed by atoms with van der Waals surface area (Å²) in [7, 11) is 1.33. The molecule has 0 aromatic carbocycles. The first kappa shape index (κ1) is 11.8. The van der Waals surface area contributed by atoms with Crippen molar-refractivity contribution < 1.29 is 9.53 Å². The largest absolute Gasteiger partial charge is 0.469 e. The molecule has 0 aliphatic heterocycles. The highest BCUT2D eigenvalue weighted by Crippen LogP contribution is 1.93. The maximum absolute atomic E-state index is 10.8. The molecule has 13 heavy (non-hydrogen) atoms. The molecule has 5 nitrogen and oxygen atoms in total. The Balaban J connectivity index is 4.08. The fraction of sp³-hybridized carbons (Fsp3) is 0.571. The summed E-state index contributed by atoms with van der Waals surface area (Å²) in [6, 6.07) is 0. The molecule has 74 valence electrons. The van der Waals surface area contributed by atoms with Gasteiger partial charge < -0.3 is 10.5 Å². The van der Waals surface area contributed by atoms with Gasteiger partial charge in [-0.15, -0.1) is 0 Å². The van der Waals surface area contributed by atoms with Crippen molar-refractivity contribution in [3.05, 3.63) is 0 Å². The number of nitrogens with zero attached hydrogens (tertiary/aromatic N) is 1. The Labute approximate surface area is 82.3 Å². The number of nitrogens with one attached hydrogen (secondary N) is 1. The van der Waals surface area contributed by atoms with Crippen LogP contribution in [-0.2, 0) is 9.53 Å². The molecule has 3 N–H and O–H groups in total. The van der Waals surface area contributed by atoms with E-state index in [9.17, 15) is 4.79 Å². The molecule has 0 atom stereocenters. The molecule has 6 heteroatoms. The van der Waals surface area contributed by atoms with Crippen molar-refractivity contribution in [2.24, 2.45) is 10.8 Å². The second kappa shape index (κ2) is 6.36. The van der Waals surface area contributed by atoms with Crippen LogP contribution < -0.4 is 11.2 Å². The molecule has 0 heterocycles. The number of rotatable bonds is 4. The van der Waals surface area contributed by atoms with Gasteiger partial charge in [-0.05, 0) is 18.6 Å². The zero-order valence-corrected chi connectivity index (χ0v) is 8.48. The molecular weight excluding hydrogens is 190 g/mol. The van der Waals surface area contributed by atoms with Crippen LogP contribution in [0.15, 0.2) is 5.10 Å². The highest BCUT2D eigenvalue weighted by atomic mass is 32.1. The van der Waals surface area contributed by atoms with Crippen molar-refractivity contribution in [3.8, 4) is 0 Å². The van der Waals surface area contributed by atoms with Crippen molar-refractivity contribution in [3.63, 3.8) is 0 Å². The van der Waals surface area contributed by atoms with E-state index in [1.54, 1.807) is 0 Å². The van der Waals surface area contributed by atoms with E-state index in [-0.39, 0.29) is 17.5 Å². The molecule has 0 bridgehead atoms. The van der Waals surface area contributed by atoms with E-state index < -0.39 is 0 Å². The first-order valence-electron chi connectivity index (χ1n) is 3.77. The summed E-state index contributed by atoms with van der Waals surface area (Å²) < 4.78 is 4.48. The van der Waals surface area contributed by atoms with Crippen LogP contribution in [-0.4, -0.2) is 23.9 Å². The number of nitrogens with two attached hydrogens (primary N) is 1. The Bertz CT molecular complexity index is 228. The number of hydrazone groups is 1. The topological polar surface area (TPSA) is 76.7 Å². The van der Waals surface area contributed by atoms with E-state index in [0.717, 1.165) is 0 Å². The molecule has 0 rings (SSSR count). The van der Waals surface area contributed by atoms with Crippen LogP contribution in [0.25, 0.3) is 0 Å². The third kappa shape index (κ3) is 6.03. The monoisotopic (exact) mass is 203 g/mol. The molecular formula is C7H13N3O2S. The van der Waals surface area contributed by atoms with E-state index in [2.05, 4.69) is 27.5 Å². The van der Waals surface area contributed by atoms with Crippen LogP contribution in [0.1, 0.15) is 19.8 Å². The summed E-state index contributed by atoms with van der Waals surface area (Å²) in [6.45, 7) is 1.88. The van der Waals surface area contributed by atoms with Gasteiger partial charge >= 0.3 is 5.97 Å². The Hall–Kier alpha value is -1.17. The smallest absolute Gasteiger partial charge is 0.311 e. The van der Waals surface area contributed by atoms with Crippen molar-refractivity contribution in [1.82, 2.24) is 5.43 Å². The number of methoxy groups -OCH3 is 1. The fourth-order valence-corrected chi connectivity index (χ4v) is 0.662. The van der Waals surface area contributed by atoms with Crippen LogP contribution in [0.3, 0.4) is 0 Å². The average Bonchev–Trinajstić information content (AvgIpc) is 2.11. The molecule has 0 amide bonds. The third-order valence-corrected chi connectivity index (χ3v) is 1.40. The Morgan fingerprint density at radius 1 is 1.69 bits per heavy atom. The zero-order valence-electron chi connectivity index (χ0n) is 7.66. The van der Waals surface area contributed by atoms with Crippen LogP contribution in [0.4, 0.5) is 0 Å². The number of thiocarbonyl (C=S) groups is 1. The molecule has 0 fully saturated rings. The lowest BCUT2D eigenvalue weighted by Crippen LogP contribution is -2.26. The van der Waals surface area contributed by atoms with Gasteiger partial charge in [-0.3, -0.25) is 10.2 Å². The number of esters is 1. The minimum absolute atomic E-state index is 0.0795. The number of carbonyl (C=O) groups excluding carboxylic acids is 1. The van der Waals surface area contributed by atoms with Gasteiger partial charge in [0.15, 0.2) is 5.11 Å². The predicted octanol–water partition coefficient (Wildman–Crippen LogP) is 0.149. The second-order valence-electron chi connectivity index (χ2n) is 2.26. The number of carbonyl (C=O) groups is 1. The molecule has 0 aromatic rings. The summed E-state index contributed by atoms with van der Waals surface area (Å²) >= 11 is 4.55. The third-order valence-electron chi connectivity index (χ3n) is 1.31. The van der Waals surface area contributed by atoms with Gasteiger partial charge in [0.05, 0.1) is 13.5 Å². The number of hydrogen-bond acceptors (Lipinski definition) is 4. The Morgan fingerprint density at radius 2 is 2.31 bits per heavy atom. The lowest BCUT2D eigenvalue weighted by atomic mass is 10.2. The van der Waals surface area contributed by atoms with Crippen LogP contribution in [0.2, 0.25) is 0 Å². The van der Waals surface area contributed by atoms with Crippen LogP contribution in [0.5, 0.6) is 0 Å². The lowest BCUT2D eigenvalue weighted by molar-refractivity contribution is -0.139. The Kier molecular flexibility index (Phi) is 5.79. The minimum Gasteiger partial charge on any atom is -0.469 e. The highest BCUT2D eigenvalue weighted by Gasteiger charge is 2.05. The molecule has 0 spiro atoms. The second-order valence-corrected chi connectivity index (χ2v) is 2.70. The first-order chi connectivity index (χ1) is 6.10. The lowest BCUT2D eigenvalue weighted by Gasteiger charge is -2.02. The van der Waals surface area contributed by atoms with E-state index in [1.807, 2.05) is 6.92 Å². The zero-order chi connectivity index (χ0) is 10.3. The minimum atomic E-state index is -0.328. The van der Waals surface area contributed by atoms with E-state index in [1.165, 1.54) is 7.11 Å². The fourth-order valence-electron chi connectivity index (χ4n) is 0.617. The standard InChI is InChI=1S/C7H13N3O2S/c1-3-5(4-6(11)12-2)9-10-7(8)13/h3-4H2,1-2H3,(H3,8,10,13). The average molecular weight is 203 g/mol. The van der Waals surface area contributed by atoms with Crippen LogP contribution in [0, 0.1) is 0 Å². The molecule has 0 unspecified atom stereocenters. The van der Waals surface area contributed by atoms with Crippen molar-refractivity contribution >= 4 is 29.0 Å². The maximum atomic E-state index is 10.8. The van der Waals surface area contributed by atoms with Gasteiger partial charge in [0.1, 0.15) is 0 Å². The van der Waals surface area contributed by atoms with Gasteiger partial charge in [0.25, 0.3) is 0 Å². The highest BCUT2D eigenvalue weighted by molar-refractivity contribution is 7.80. The summed E-state index contributed by atoms with van der Waals surface area (Å²) in [4.78, 5) is 10.8. The van der Waals surface area contributed by atoms with E-state index in [0.29, 0.717) is 12.1 Å². The van der Waals surface area contributed by atoms with Crippen molar-refractivity contribution in [1.29, 1.82) is 0 Å². The SMILES string of the molecule is CCC(CC(=O)OC)=NNC(N)=S. The quantitative estimate of drug-likeness (QED) is 0.294. The molecule has 0 aliphatic carbocycles. The summed E-state index contributed by atoms with van der Waals surface area (Å²) in [6.07, 6.45) is 0.799. The molecule has 0 saturated carbocycles. The summed E-state index contributed by atoms with van der Waals surface area (Å²) in [5, 5.41) is 3.91. The van der Waals surface area contributed by atoms with Gasteiger partial charge in [-0.25, -0.2) is 0 Å².